The van der Waals surface area contributed by atoms with Gasteiger partial charge in [0.05, 0.1) is 0 Å². The Hall–Kier alpha value is -1.40. The fourth-order valence-electron chi connectivity index (χ4n) is 0.529. The van der Waals surface area contributed by atoms with Crippen LogP contribution in [0.1, 0.15) is 5.56 Å². The highest BCUT2D eigenvalue weighted by molar-refractivity contribution is 5.74. The summed E-state index contributed by atoms with van der Waals surface area (Å²) < 4.78 is 0. The van der Waals surface area contributed by atoms with E-state index >= 15 is 0 Å². The fourth-order valence-corrected chi connectivity index (χ4v) is 0.529. The molecule has 0 saturated carbocycles. The second kappa shape index (κ2) is 2.80. The number of pyridine rings is 1. The normalized spacial score (nSPS) is 8.00. The van der Waals surface area contributed by atoms with Crippen molar-refractivity contribution in [1.29, 1.82) is 0 Å². The molecule has 0 aliphatic carbocycles. The molecule has 2 nitrogen and oxygen atoms in total. The molecule has 0 amide bonds. The first kappa shape index (κ1) is 5.73. The third kappa shape index (κ3) is 1.52. The Balaban J connectivity index is 2.97. The van der Waals surface area contributed by atoms with E-state index in [0.29, 0.717) is 0 Å². The van der Waals surface area contributed by atoms with Gasteiger partial charge in [-0.25, -0.2) is 4.79 Å². The van der Waals surface area contributed by atoms with Gasteiger partial charge in [-0.05, 0) is 6.07 Å². The van der Waals surface area contributed by atoms with Crippen molar-refractivity contribution in [2.75, 3.05) is 0 Å². The van der Waals surface area contributed by atoms with E-state index in [1.54, 1.807) is 30.5 Å². The molecule has 0 saturated heterocycles. The minimum Gasteiger partial charge on any atom is -0.264 e. The van der Waals surface area contributed by atoms with Crippen molar-refractivity contribution in [2.45, 2.75) is 0 Å². The molecule has 0 aliphatic heterocycles. The van der Waals surface area contributed by atoms with Crippen molar-refractivity contribution in [2.24, 2.45) is 0 Å². The molecule has 2 heteroatoms. The van der Waals surface area contributed by atoms with Gasteiger partial charge < -0.3 is 0 Å². The summed E-state index contributed by atoms with van der Waals surface area (Å²) in [6, 6.07) is 3.56. The summed E-state index contributed by atoms with van der Waals surface area (Å²) in [7, 11) is 0. The van der Waals surface area contributed by atoms with E-state index in [1.807, 2.05) is 0 Å². The maximum atomic E-state index is 9.77. The SMILES string of the molecule is O=C=Cc1cccnc1. The highest BCUT2D eigenvalue weighted by Crippen LogP contribution is 1.93. The van der Waals surface area contributed by atoms with Gasteiger partial charge in [-0.2, -0.15) is 0 Å². The highest BCUT2D eigenvalue weighted by Gasteiger charge is 1.80. The zero-order chi connectivity index (χ0) is 6.53. The maximum absolute atomic E-state index is 9.77. The molecule has 1 rings (SSSR count). The van der Waals surface area contributed by atoms with Crippen LogP contribution in [0.15, 0.2) is 24.5 Å². The van der Waals surface area contributed by atoms with Gasteiger partial charge in [0.15, 0.2) is 0 Å². The van der Waals surface area contributed by atoms with E-state index in [-0.39, 0.29) is 0 Å². The van der Waals surface area contributed by atoms with Crippen LogP contribution in [0.3, 0.4) is 0 Å². The van der Waals surface area contributed by atoms with E-state index < -0.39 is 0 Å². The van der Waals surface area contributed by atoms with Crippen molar-refractivity contribution in [3.05, 3.63) is 30.1 Å². The van der Waals surface area contributed by atoms with Gasteiger partial charge >= 0.3 is 0 Å². The van der Waals surface area contributed by atoms with E-state index in [4.69, 9.17) is 0 Å². The van der Waals surface area contributed by atoms with E-state index in [2.05, 4.69) is 4.98 Å². The van der Waals surface area contributed by atoms with E-state index in [9.17, 15) is 4.79 Å². The molecule has 0 fully saturated rings. The summed E-state index contributed by atoms with van der Waals surface area (Å²) in [5, 5.41) is 0. The molecule has 44 valence electrons. The molecular weight excluding hydrogens is 114 g/mol. The third-order valence-corrected chi connectivity index (χ3v) is 0.910. The fraction of sp³-hybridized carbons (Fsp3) is 0. The summed E-state index contributed by atoms with van der Waals surface area (Å²) in [4.78, 5) is 13.6. The molecule has 0 aliphatic rings. The Morgan fingerprint density at radius 3 is 3.11 bits per heavy atom. The number of hydrogen-bond acceptors (Lipinski definition) is 2. The predicted molar refractivity (Wildman–Crippen MR) is 34.4 cm³/mol. The van der Waals surface area contributed by atoms with Crippen LogP contribution in [-0.4, -0.2) is 10.9 Å². The van der Waals surface area contributed by atoms with Crippen molar-refractivity contribution in [1.82, 2.24) is 4.98 Å². The molecule has 0 radical (unpaired) electrons. The second-order valence-electron chi connectivity index (χ2n) is 1.55. The number of rotatable bonds is 1. The number of hydrogen-bond donors (Lipinski definition) is 0. The van der Waals surface area contributed by atoms with Gasteiger partial charge in [-0.1, -0.05) is 6.07 Å². The molecule has 1 heterocycles. The Morgan fingerprint density at radius 1 is 1.67 bits per heavy atom. The predicted octanol–water partition coefficient (Wildman–Crippen LogP) is 0.926. The average molecular weight is 119 g/mol. The van der Waals surface area contributed by atoms with Gasteiger partial charge in [0.2, 0.25) is 0 Å². The van der Waals surface area contributed by atoms with Gasteiger partial charge in [-0.15, -0.1) is 0 Å². The lowest BCUT2D eigenvalue weighted by Gasteiger charge is -1.83. The first-order chi connectivity index (χ1) is 4.43. The Bertz CT molecular complexity index is 224. The first-order valence-electron chi connectivity index (χ1n) is 2.54. The van der Waals surface area contributed by atoms with Gasteiger partial charge in [0.1, 0.15) is 5.94 Å². The lowest BCUT2D eigenvalue weighted by atomic mass is 10.3. The monoisotopic (exact) mass is 119 g/mol. The largest absolute Gasteiger partial charge is 0.264 e. The van der Waals surface area contributed by atoms with Crippen LogP contribution < -0.4 is 0 Å². The van der Waals surface area contributed by atoms with Crippen LogP contribution in [0.5, 0.6) is 0 Å². The standard InChI is InChI=1S/C7H5NO/c9-5-3-7-2-1-4-8-6-7/h1-4,6H. The summed E-state index contributed by atoms with van der Waals surface area (Å²) in [6.07, 6.45) is 4.60. The van der Waals surface area contributed by atoms with E-state index in [1.165, 1.54) is 6.08 Å². The summed E-state index contributed by atoms with van der Waals surface area (Å²) in [5.74, 6) is 1.67. The summed E-state index contributed by atoms with van der Waals surface area (Å²) in [6.45, 7) is 0. The molecule has 0 atom stereocenters. The molecule has 0 unspecified atom stereocenters. The smallest absolute Gasteiger partial charge is 0.125 e. The maximum Gasteiger partial charge on any atom is 0.125 e. The topological polar surface area (TPSA) is 30.0 Å². The Labute approximate surface area is 52.9 Å². The lowest BCUT2D eigenvalue weighted by molar-refractivity contribution is 0.570. The summed E-state index contributed by atoms with van der Waals surface area (Å²) >= 11 is 0. The Kier molecular flexibility index (Phi) is 1.78. The molecule has 0 bridgehead atoms. The number of nitrogens with zero attached hydrogens (tertiary/aromatic N) is 1. The van der Waals surface area contributed by atoms with Crippen molar-refractivity contribution in [3.8, 4) is 0 Å². The second-order valence-corrected chi connectivity index (χ2v) is 1.55. The first-order valence-corrected chi connectivity index (χ1v) is 2.54. The highest BCUT2D eigenvalue weighted by atomic mass is 16.1. The van der Waals surface area contributed by atoms with Gasteiger partial charge in [0.25, 0.3) is 0 Å². The van der Waals surface area contributed by atoms with Gasteiger partial charge in [-0.3, -0.25) is 4.98 Å². The van der Waals surface area contributed by atoms with Crippen molar-refractivity contribution >= 4 is 12.0 Å². The van der Waals surface area contributed by atoms with Gasteiger partial charge in [0, 0.05) is 24.0 Å². The minimum absolute atomic E-state index is 0.785. The molecule has 9 heavy (non-hydrogen) atoms. The molecule has 0 N–H and O–H groups in total. The summed E-state index contributed by atoms with van der Waals surface area (Å²) in [5.41, 5.74) is 0.785. The lowest BCUT2D eigenvalue weighted by Crippen LogP contribution is -1.71. The van der Waals surface area contributed by atoms with Crippen LogP contribution in [0, 0.1) is 0 Å². The molecule has 0 aromatic carbocycles. The minimum atomic E-state index is 0.785. The van der Waals surface area contributed by atoms with Crippen LogP contribution in [-0.2, 0) is 4.79 Å². The van der Waals surface area contributed by atoms with Crippen LogP contribution in [0.25, 0.3) is 6.08 Å². The van der Waals surface area contributed by atoms with Crippen LogP contribution in [0.4, 0.5) is 0 Å². The average Bonchev–Trinajstić information content (AvgIpc) is 1.91. The molecular formula is C7H5NO. The van der Waals surface area contributed by atoms with Crippen molar-refractivity contribution < 1.29 is 4.79 Å². The van der Waals surface area contributed by atoms with E-state index in [0.717, 1.165) is 5.56 Å². The quantitative estimate of drug-likeness (QED) is 0.514. The number of aromatic nitrogens is 1. The third-order valence-electron chi connectivity index (χ3n) is 0.910. The Morgan fingerprint density at radius 2 is 2.56 bits per heavy atom. The zero-order valence-electron chi connectivity index (χ0n) is 4.74. The van der Waals surface area contributed by atoms with Crippen molar-refractivity contribution in [3.63, 3.8) is 0 Å². The van der Waals surface area contributed by atoms with Crippen LogP contribution in [0.2, 0.25) is 0 Å². The van der Waals surface area contributed by atoms with Crippen LogP contribution >= 0.6 is 0 Å². The molecule has 1 aromatic heterocycles. The number of carbonyl (C=O) groups excluding carboxylic acids is 1. The molecule has 1 aromatic rings. The molecule has 0 spiro atoms. The zero-order valence-corrected chi connectivity index (χ0v) is 4.74.